The van der Waals surface area contributed by atoms with Gasteiger partial charge in [-0.3, -0.25) is 41.9 Å². The molecule has 0 saturated heterocycles. The van der Waals surface area contributed by atoms with E-state index in [2.05, 4.69) is 30.9 Å². The Morgan fingerprint density at radius 1 is 0.505 bits per heavy atom. The van der Waals surface area contributed by atoms with Gasteiger partial charge in [0.25, 0.3) is 17.7 Å². The van der Waals surface area contributed by atoms with Crippen LogP contribution in [0.3, 0.4) is 0 Å². The maximum absolute atomic E-state index is 12.8. The average molecular weight is 1410 g/mol. The largest absolute Gasteiger partial charge is 0.380 e. The lowest BCUT2D eigenvalue weighted by atomic mass is 10.1. The molecule has 95 heavy (non-hydrogen) atoms. The zero-order valence-corrected chi connectivity index (χ0v) is 58.6. The van der Waals surface area contributed by atoms with E-state index < -0.39 is 30.1 Å². The Morgan fingerprint density at radius 2 is 0.811 bits per heavy atom. The number of ether oxygens (including phenoxy) is 3. The van der Waals surface area contributed by atoms with Crippen LogP contribution in [0.15, 0.2) is 72.8 Å². The van der Waals surface area contributed by atoms with Gasteiger partial charge in [-0.25, -0.2) is 35.2 Å². The number of carbonyl (C=O) groups is 5. The molecule has 3 aliphatic heterocycles. The molecule has 11 rings (SSSR count). The Morgan fingerprint density at radius 3 is 1.08 bits per heavy atom. The maximum Gasteiger partial charge on any atom is 0.257 e. The standard InChI is InChI=1S/C23H28N4O5S.2C18H21ClN4O4S.C4H7NO/c1-26-12-19-22(23(26)29)18(10-16(24-19)11-21(28)15-6-7-15)25-17-8-5-14(13-32-3)9-20(17)27(2)33(4,30)31;2*1-22-9-14-17(18(22)24)13(8-16(19)21-14)20-12-6-5-11(10-27-3)7-15(12)23(2)28(4,25)26;5-4(6)3-1-2-3/h5,8-10,15H,6-7,11-13H2,1-4H3,(H,24,25);2*5-8H,9-10H2,1-4H3,(H,20,21);3H,1-2H2,(H2,5,6). The van der Waals surface area contributed by atoms with Gasteiger partial charge in [0.1, 0.15) is 16.1 Å². The second kappa shape index (κ2) is 29.8. The van der Waals surface area contributed by atoms with Crippen molar-refractivity contribution in [1.82, 2.24) is 29.7 Å². The molecule has 3 aromatic carbocycles. The summed E-state index contributed by atoms with van der Waals surface area (Å²) in [5, 5.41) is 10.1. The van der Waals surface area contributed by atoms with E-state index in [1.165, 1.54) is 34.1 Å². The van der Waals surface area contributed by atoms with E-state index in [0.717, 1.165) is 61.1 Å². The van der Waals surface area contributed by atoms with Crippen molar-refractivity contribution in [2.75, 3.05) is 111 Å². The summed E-state index contributed by atoms with van der Waals surface area (Å²) >= 11 is 12.3. The summed E-state index contributed by atoms with van der Waals surface area (Å²) in [6.07, 6.45) is 7.48. The lowest BCUT2D eigenvalue weighted by molar-refractivity contribution is -0.120. The van der Waals surface area contributed by atoms with Gasteiger partial charge in [-0.2, -0.15) is 0 Å². The van der Waals surface area contributed by atoms with Crippen molar-refractivity contribution in [1.29, 1.82) is 0 Å². The molecule has 5 N–H and O–H groups in total. The lowest BCUT2D eigenvalue weighted by Crippen LogP contribution is -2.26. The molecule has 510 valence electrons. The second-order valence-corrected chi connectivity index (χ2v) is 30.4. The van der Waals surface area contributed by atoms with Gasteiger partial charge in [-0.15, -0.1) is 0 Å². The molecule has 6 heterocycles. The highest BCUT2D eigenvalue weighted by atomic mass is 35.5. The highest BCUT2D eigenvalue weighted by Gasteiger charge is 2.35. The van der Waals surface area contributed by atoms with Gasteiger partial charge in [0.2, 0.25) is 36.0 Å². The van der Waals surface area contributed by atoms with Crippen molar-refractivity contribution in [2.24, 2.45) is 17.6 Å². The van der Waals surface area contributed by atoms with E-state index in [4.69, 9.17) is 43.1 Å². The predicted molar refractivity (Wildman–Crippen MR) is 365 cm³/mol. The Balaban J connectivity index is 0.000000175. The number of hydrogen-bond acceptors (Lipinski definition) is 20. The number of amides is 4. The molecule has 4 amide bonds. The van der Waals surface area contributed by atoms with Crippen LogP contribution in [0.2, 0.25) is 10.3 Å². The van der Waals surface area contributed by atoms with Gasteiger partial charge < -0.3 is 50.6 Å². The summed E-state index contributed by atoms with van der Waals surface area (Å²) in [4.78, 5) is 78.0. The number of sulfonamides is 3. The number of nitrogens with zero attached hydrogens (tertiary/aromatic N) is 9. The number of ketones is 1. The first-order chi connectivity index (χ1) is 44.6. The zero-order valence-electron chi connectivity index (χ0n) is 54.7. The summed E-state index contributed by atoms with van der Waals surface area (Å²) in [5.74, 6) is -0.128. The number of Topliss-reactive ketones (excluding diaryl/α,β-unsaturated/α-hetero) is 1. The Bertz CT molecular complexity index is 4180. The van der Waals surface area contributed by atoms with Gasteiger partial charge in [0.15, 0.2) is 0 Å². The number of aromatic nitrogens is 3. The summed E-state index contributed by atoms with van der Waals surface area (Å²) < 4.78 is 92.1. The van der Waals surface area contributed by atoms with Crippen molar-refractivity contribution >= 4 is 134 Å². The van der Waals surface area contributed by atoms with Crippen molar-refractivity contribution in [3.63, 3.8) is 0 Å². The van der Waals surface area contributed by atoms with Gasteiger partial charge in [-0.05, 0) is 97.0 Å². The van der Waals surface area contributed by atoms with Gasteiger partial charge >= 0.3 is 0 Å². The molecular weight excluding hydrogens is 1330 g/mol. The van der Waals surface area contributed by atoms with Crippen LogP contribution in [0.4, 0.5) is 51.2 Å². The number of anilines is 9. The van der Waals surface area contributed by atoms with E-state index in [0.29, 0.717) is 130 Å². The minimum Gasteiger partial charge on any atom is -0.380 e. The van der Waals surface area contributed by atoms with Crippen molar-refractivity contribution in [3.05, 3.63) is 139 Å². The number of carbonyl (C=O) groups excluding carboxylic acids is 5. The van der Waals surface area contributed by atoms with E-state index in [1.54, 1.807) is 112 Å². The predicted octanol–water partition coefficient (Wildman–Crippen LogP) is 7.57. The first kappa shape index (κ1) is 72.6. The van der Waals surface area contributed by atoms with E-state index in [1.807, 2.05) is 18.2 Å². The first-order valence-electron chi connectivity index (χ1n) is 29.6. The molecule has 32 heteroatoms. The molecule has 0 bridgehead atoms. The lowest BCUT2D eigenvalue weighted by Gasteiger charge is -2.23. The van der Waals surface area contributed by atoms with Crippen molar-refractivity contribution in [3.8, 4) is 0 Å². The number of rotatable bonds is 22. The SMILES string of the molecule is COCc1ccc(Nc2cc(CC(=O)C3CC3)nc3c2C(=O)N(C)C3)c(N(C)S(C)(=O)=O)c1.COCc1ccc(Nc2cc(Cl)nc3c2C(=O)N(C)C3)c(N(C)S(C)(=O)=O)c1.COCc1ccc(Nc2cc(Cl)nc3c2C(=O)N(C)C3)c(N(C)S(C)(=O)=O)c1.NC(=O)C1CC1. The van der Waals surface area contributed by atoms with E-state index in [9.17, 15) is 49.2 Å². The zero-order chi connectivity index (χ0) is 69.8. The number of pyridine rings is 3. The van der Waals surface area contributed by atoms with Crippen LogP contribution < -0.4 is 34.6 Å². The number of benzene rings is 3. The summed E-state index contributed by atoms with van der Waals surface area (Å²) in [5.41, 5.74) is 15.3. The Labute approximate surface area is 563 Å². The highest BCUT2D eigenvalue weighted by molar-refractivity contribution is 7.92. The summed E-state index contributed by atoms with van der Waals surface area (Å²) in [6.45, 7) is 2.09. The molecule has 0 radical (unpaired) electrons. The van der Waals surface area contributed by atoms with E-state index >= 15 is 0 Å². The normalized spacial score (nSPS) is 14.7. The Hall–Kier alpha value is -8.23. The van der Waals surface area contributed by atoms with Crippen LogP contribution in [0.1, 0.15) is 96.2 Å². The fourth-order valence-corrected chi connectivity index (χ4v) is 12.3. The third-order valence-corrected chi connectivity index (χ3v) is 19.9. The van der Waals surface area contributed by atoms with Crippen LogP contribution in [-0.2, 0) is 99.7 Å². The van der Waals surface area contributed by atoms with Gasteiger partial charge in [0.05, 0.1) is 149 Å². The third kappa shape index (κ3) is 17.8. The molecule has 5 aliphatic rings. The molecule has 6 aromatic rings. The molecule has 3 aromatic heterocycles. The smallest absolute Gasteiger partial charge is 0.257 e. The number of nitrogens with one attached hydrogen (secondary N) is 3. The molecule has 27 nitrogen and oxygen atoms in total. The monoisotopic (exact) mass is 1410 g/mol. The molecule has 2 aliphatic carbocycles. The van der Waals surface area contributed by atoms with Gasteiger partial charge in [0, 0.05) is 81.9 Å². The number of hydrogen-bond donors (Lipinski definition) is 4. The summed E-state index contributed by atoms with van der Waals surface area (Å²) in [6, 6.07) is 20.8. The van der Waals surface area contributed by atoms with Crippen molar-refractivity contribution < 1.29 is 63.4 Å². The third-order valence-electron chi connectivity index (χ3n) is 15.9. The van der Waals surface area contributed by atoms with Gasteiger partial charge in [-0.1, -0.05) is 41.4 Å². The van der Waals surface area contributed by atoms with Crippen LogP contribution in [-0.4, -0.2) is 167 Å². The number of primary amides is 1. The molecule has 0 unspecified atom stereocenters. The van der Waals surface area contributed by atoms with E-state index in [-0.39, 0.29) is 58.0 Å². The summed E-state index contributed by atoms with van der Waals surface area (Å²) in [7, 11) is 3.63. The van der Waals surface area contributed by atoms with Crippen LogP contribution >= 0.6 is 23.2 Å². The highest BCUT2D eigenvalue weighted by Crippen LogP contribution is 2.40. The molecule has 0 atom stereocenters. The van der Waals surface area contributed by atoms with Crippen molar-refractivity contribution in [2.45, 2.75) is 71.6 Å². The quantitative estimate of drug-likeness (QED) is 0.0476. The molecule has 2 fully saturated rings. The molecule has 0 spiro atoms. The topological polar surface area (TPSA) is 336 Å². The minimum absolute atomic E-state index is 0.115. The van der Waals surface area contributed by atoms with Crippen LogP contribution in [0, 0.1) is 11.8 Å². The number of methoxy groups -OCH3 is 3. The van der Waals surface area contributed by atoms with Crippen LogP contribution in [0.5, 0.6) is 0 Å². The molecule has 2 saturated carbocycles. The minimum atomic E-state index is -3.54. The second-order valence-electron chi connectivity index (χ2n) is 23.6. The Kier molecular flexibility index (Phi) is 22.8. The molecular formula is C63H77Cl2N13O14S3. The first-order valence-corrected chi connectivity index (χ1v) is 35.9. The van der Waals surface area contributed by atoms with Crippen LogP contribution in [0.25, 0.3) is 0 Å². The average Bonchev–Trinajstić information content (AvgIpc) is 1.74. The fraction of sp³-hybridized carbons (Fsp3) is 0.397. The number of fused-ring (bicyclic) bond motifs is 3. The number of nitrogens with two attached hydrogens (primary N) is 1. The fourth-order valence-electron chi connectivity index (χ4n) is 10.4. The maximum atomic E-state index is 12.8. The number of halogens is 2.